The Morgan fingerprint density at radius 3 is 2.91 bits per heavy atom. The van der Waals surface area contributed by atoms with Crippen LogP contribution in [0.2, 0.25) is 0 Å². The molecule has 1 aliphatic heterocycles. The summed E-state index contributed by atoms with van der Waals surface area (Å²) >= 11 is 1.68. The van der Waals surface area contributed by atoms with Gasteiger partial charge in [0, 0.05) is 18.2 Å². The topological polar surface area (TPSA) is 101 Å². The van der Waals surface area contributed by atoms with E-state index in [9.17, 15) is 0 Å². The van der Waals surface area contributed by atoms with Crippen LogP contribution in [-0.4, -0.2) is 23.0 Å². The van der Waals surface area contributed by atoms with Crippen molar-refractivity contribution in [2.45, 2.75) is 24.5 Å². The van der Waals surface area contributed by atoms with Crippen LogP contribution in [0.1, 0.15) is 12.8 Å². The molecule has 0 spiro atoms. The maximum absolute atomic E-state index is 6.35. The largest absolute Gasteiger partial charge is 0.398 e. The summed E-state index contributed by atoms with van der Waals surface area (Å²) in [6, 6.07) is 8.54. The smallest absolute Gasteiger partial charge is 0.184 e. The van der Waals surface area contributed by atoms with Gasteiger partial charge in [0.2, 0.25) is 0 Å². The van der Waals surface area contributed by atoms with Gasteiger partial charge in [-0.2, -0.15) is 0 Å². The summed E-state index contributed by atoms with van der Waals surface area (Å²) in [5.74, 6) is 0.258. The molecule has 0 saturated heterocycles. The van der Waals surface area contributed by atoms with E-state index < -0.39 is 5.66 Å². The average molecular weight is 314 g/mol. The summed E-state index contributed by atoms with van der Waals surface area (Å²) < 4.78 is 1.20. The third-order valence-electron chi connectivity index (χ3n) is 4.44. The number of anilines is 1. The highest BCUT2D eigenvalue weighted by atomic mass is 32.1. The van der Waals surface area contributed by atoms with Crippen LogP contribution in [0.4, 0.5) is 5.13 Å². The maximum Gasteiger partial charge on any atom is 0.184 e. The van der Waals surface area contributed by atoms with Crippen LogP contribution in [0.5, 0.6) is 0 Å². The Hall–Kier alpha value is -2.12. The number of aliphatic imine (C=N–C) groups is 1. The Kier molecular flexibility index (Phi) is 3.05. The molecule has 1 aromatic heterocycles. The number of nitrogens with zero attached hydrogens (tertiary/aromatic N) is 2. The molecule has 1 atom stereocenters. The van der Waals surface area contributed by atoms with Gasteiger partial charge in [-0.1, -0.05) is 23.5 Å². The number of thiazole rings is 1. The second kappa shape index (κ2) is 4.96. The SMILES string of the molecule is NC1=CNC=NC1(N)C1CC(Nc2nc3ccccc3s2)C1. The second-order valence-corrected chi connectivity index (χ2v) is 6.88. The van der Waals surface area contributed by atoms with Gasteiger partial charge in [-0.3, -0.25) is 0 Å². The summed E-state index contributed by atoms with van der Waals surface area (Å²) in [5.41, 5.74) is 13.2. The van der Waals surface area contributed by atoms with Crippen LogP contribution in [0.15, 0.2) is 41.2 Å². The number of fused-ring (bicyclic) bond motifs is 1. The van der Waals surface area contributed by atoms with Gasteiger partial charge < -0.3 is 22.1 Å². The number of aromatic nitrogens is 1. The van der Waals surface area contributed by atoms with Crippen LogP contribution in [0, 0.1) is 5.92 Å². The highest BCUT2D eigenvalue weighted by Crippen LogP contribution is 2.41. The number of nitrogens with one attached hydrogen (secondary N) is 2. The molecule has 2 aliphatic rings. The Balaban J connectivity index is 1.42. The molecule has 1 unspecified atom stereocenters. The van der Waals surface area contributed by atoms with Crippen molar-refractivity contribution in [2.24, 2.45) is 22.4 Å². The average Bonchev–Trinajstić information content (AvgIpc) is 2.88. The van der Waals surface area contributed by atoms with E-state index in [0.29, 0.717) is 11.7 Å². The van der Waals surface area contributed by atoms with E-state index >= 15 is 0 Å². The summed E-state index contributed by atoms with van der Waals surface area (Å²) in [4.78, 5) is 8.95. The van der Waals surface area contributed by atoms with Gasteiger partial charge in [0.05, 0.1) is 22.3 Å². The first kappa shape index (κ1) is 13.5. The monoisotopic (exact) mass is 314 g/mol. The lowest BCUT2D eigenvalue weighted by atomic mass is 9.71. The normalized spacial score (nSPS) is 30.5. The third-order valence-corrected chi connectivity index (χ3v) is 5.40. The molecule has 2 heterocycles. The lowest BCUT2D eigenvalue weighted by Crippen LogP contribution is -2.58. The van der Waals surface area contributed by atoms with E-state index in [1.54, 1.807) is 23.9 Å². The predicted molar refractivity (Wildman–Crippen MR) is 90.6 cm³/mol. The molecule has 1 aliphatic carbocycles. The number of hydrogen-bond acceptors (Lipinski definition) is 7. The number of nitrogens with two attached hydrogens (primary N) is 2. The lowest BCUT2D eigenvalue weighted by Gasteiger charge is -2.45. The van der Waals surface area contributed by atoms with Crippen LogP contribution >= 0.6 is 11.3 Å². The van der Waals surface area contributed by atoms with Crippen LogP contribution < -0.4 is 22.1 Å². The van der Waals surface area contributed by atoms with E-state index in [1.165, 1.54) is 4.70 Å². The standard InChI is InChI=1S/C15H18N6S/c16-13-7-18-8-19-15(13,17)9-5-10(6-9)20-14-21-11-3-1-2-4-12(11)22-14/h1-4,7-10H,5-6,16-17H2,(H,18,19)(H,20,21). The van der Waals surface area contributed by atoms with E-state index in [2.05, 4.69) is 26.7 Å². The van der Waals surface area contributed by atoms with Crippen molar-refractivity contribution in [3.8, 4) is 0 Å². The van der Waals surface area contributed by atoms with Crippen LogP contribution in [0.3, 0.4) is 0 Å². The molecule has 1 fully saturated rings. The fourth-order valence-electron chi connectivity index (χ4n) is 3.01. The fraction of sp³-hybridized carbons (Fsp3) is 0.333. The van der Waals surface area contributed by atoms with Crippen LogP contribution in [-0.2, 0) is 0 Å². The Labute approximate surface area is 132 Å². The van der Waals surface area contributed by atoms with Crippen molar-refractivity contribution >= 4 is 33.0 Å². The van der Waals surface area contributed by atoms with Gasteiger partial charge in [-0.05, 0) is 25.0 Å². The summed E-state index contributed by atoms with van der Waals surface area (Å²) in [6.45, 7) is 0. The molecular formula is C15H18N6S. The van der Waals surface area contributed by atoms with Crippen molar-refractivity contribution in [2.75, 3.05) is 5.32 Å². The van der Waals surface area contributed by atoms with Crippen molar-refractivity contribution in [1.82, 2.24) is 10.3 Å². The van der Waals surface area contributed by atoms with Crippen molar-refractivity contribution < 1.29 is 0 Å². The Bertz CT molecular complexity index is 727. The molecule has 2 aromatic rings. The van der Waals surface area contributed by atoms with Crippen molar-refractivity contribution in [1.29, 1.82) is 0 Å². The minimum atomic E-state index is -0.767. The van der Waals surface area contributed by atoms with Gasteiger partial charge in [-0.15, -0.1) is 0 Å². The first-order chi connectivity index (χ1) is 10.6. The summed E-state index contributed by atoms with van der Waals surface area (Å²) in [5, 5.41) is 7.33. The zero-order valence-electron chi connectivity index (χ0n) is 12.0. The van der Waals surface area contributed by atoms with Crippen LogP contribution in [0.25, 0.3) is 10.2 Å². The molecule has 6 N–H and O–H groups in total. The van der Waals surface area contributed by atoms with E-state index in [-0.39, 0.29) is 5.92 Å². The summed E-state index contributed by atoms with van der Waals surface area (Å²) in [6.07, 6.45) is 5.22. The molecule has 114 valence electrons. The fourth-order valence-corrected chi connectivity index (χ4v) is 3.95. The van der Waals surface area contributed by atoms with E-state index in [0.717, 1.165) is 23.5 Å². The highest BCUT2D eigenvalue weighted by Gasteiger charge is 2.46. The number of para-hydroxylation sites is 1. The molecule has 1 saturated carbocycles. The molecule has 0 radical (unpaired) electrons. The van der Waals surface area contributed by atoms with E-state index in [1.807, 2.05) is 18.2 Å². The molecule has 0 amide bonds. The van der Waals surface area contributed by atoms with Gasteiger partial charge in [0.1, 0.15) is 0 Å². The van der Waals surface area contributed by atoms with Gasteiger partial charge in [-0.25, -0.2) is 9.98 Å². The lowest BCUT2D eigenvalue weighted by molar-refractivity contribution is 0.181. The maximum atomic E-state index is 6.35. The second-order valence-electron chi connectivity index (χ2n) is 5.85. The number of benzene rings is 1. The molecule has 22 heavy (non-hydrogen) atoms. The predicted octanol–water partition coefficient (Wildman–Crippen LogP) is 1.57. The first-order valence-corrected chi connectivity index (χ1v) is 8.13. The van der Waals surface area contributed by atoms with E-state index in [4.69, 9.17) is 11.5 Å². The molecule has 6 nitrogen and oxygen atoms in total. The molecule has 7 heteroatoms. The molecule has 1 aromatic carbocycles. The third kappa shape index (κ3) is 2.13. The zero-order valence-corrected chi connectivity index (χ0v) is 12.8. The molecular weight excluding hydrogens is 296 g/mol. The minimum absolute atomic E-state index is 0.258. The van der Waals surface area contributed by atoms with Gasteiger partial charge in [0.25, 0.3) is 0 Å². The minimum Gasteiger partial charge on any atom is -0.398 e. The van der Waals surface area contributed by atoms with Gasteiger partial charge in [0.15, 0.2) is 10.8 Å². The first-order valence-electron chi connectivity index (χ1n) is 7.32. The van der Waals surface area contributed by atoms with Crippen molar-refractivity contribution in [3.63, 3.8) is 0 Å². The highest BCUT2D eigenvalue weighted by molar-refractivity contribution is 7.22. The molecule has 4 rings (SSSR count). The Morgan fingerprint density at radius 1 is 1.32 bits per heavy atom. The summed E-state index contributed by atoms with van der Waals surface area (Å²) in [7, 11) is 0. The molecule has 0 bridgehead atoms. The number of hydrogen-bond donors (Lipinski definition) is 4. The van der Waals surface area contributed by atoms with Crippen molar-refractivity contribution in [3.05, 3.63) is 36.2 Å². The van der Waals surface area contributed by atoms with Gasteiger partial charge >= 0.3 is 0 Å². The Morgan fingerprint density at radius 2 is 2.14 bits per heavy atom. The number of rotatable bonds is 3. The quantitative estimate of drug-likeness (QED) is 0.689. The zero-order chi connectivity index (χ0) is 15.2.